The van der Waals surface area contributed by atoms with Gasteiger partial charge < -0.3 is 19.5 Å². The molecule has 1 amide bonds. The van der Waals surface area contributed by atoms with Gasteiger partial charge in [-0.25, -0.2) is 0 Å². The van der Waals surface area contributed by atoms with Crippen molar-refractivity contribution in [2.24, 2.45) is 0 Å². The molecule has 100 valence electrons. The van der Waals surface area contributed by atoms with E-state index >= 15 is 0 Å². The summed E-state index contributed by atoms with van der Waals surface area (Å²) < 4.78 is 16.9. The third-order valence-corrected chi connectivity index (χ3v) is 3.03. The van der Waals surface area contributed by atoms with Crippen LogP contribution in [-0.4, -0.2) is 32.3 Å². The zero-order valence-corrected chi connectivity index (χ0v) is 10.7. The third kappa shape index (κ3) is 2.36. The second kappa shape index (κ2) is 4.84. The smallest absolute Gasteiger partial charge is 0.217 e. The number of hydrogen-bond acceptors (Lipinski definition) is 4. The van der Waals surface area contributed by atoms with Gasteiger partial charge in [0.1, 0.15) is 25.6 Å². The highest BCUT2D eigenvalue weighted by Gasteiger charge is 2.22. The maximum absolute atomic E-state index is 10.9. The van der Waals surface area contributed by atoms with Gasteiger partial charge in [0.15, 0.2) is 11.5 Å². The van der Waals surface area contributed by atoms with Gasteiger partial charge in [0, 0.05) is 13.5 Å². The van der Waals surface area contributed by atoms with Crippen molar-refractivity contribution in [3.05, 3.63) is 23.3 Å². The highest BCUT2D eigenvalue weighted by atomic mass is 16.6. The largest absolute Gasteiger partial charge is 0.488 e. The Morgan fingerprint density at radius 3 is 2.84 bits per heavy atom. The zero-order chi connectivity index (χ0) is 13.2. The van der Waals surface area contributed by atoms with Crippen LogP contribution < -0.4 is 19.5 Å². The minimum atomic E-state index is -0.0543. The van der Waals surface area contributed by atoms with Gasteiger partial charge >= 0.3 is 0 Å². The van der Waals surface area contributed by atoms with Crippen LogP contribution in [0.15, 0.2) is 17.7 Å². The minimum Gasteiger partial charge on any atom is -0.488 e. The Labute approximate surface area is 111 Å². The lowest BCUT2D eigenvalue weighted by Gasteiger charge is -2.25. The van der Waals surface area contributed by atoms with Crippen LogP contribution in [0.25, 0.3) is 6.08 Å². The predicted octanol–water partition coefficient (Wildman–Crippen LogP) is 1.37. The first kappa shape index (κ1) is 11.9. The van der Waals surface area contributed by atoms with E-state index in [4.69, 9.17) is 14.2 Å². The van der Waals surface area contributed by atoms with Gasteiger partial charge in [-0.3, -0.25) is 4.79 Å². The van der Waals surface area contributed by atoms with Gasteiger partial charge in [0.25, 0.3) is 0 Å². The average molecular weight is 261 g/mol. The standard InChI is InChI=1S/C14H15NO4/c1-9(16)15-7-10-6-11-12(19-8-10)2-3-13-14(11)18-5-4-17-13/h2-3,6H,4-5,7-8H2,1H3,(H,15,16). The van der Waals surface area contributed by atoms with E-state index in [0.29, 0.717) is 26.4 Å². The molecule has 0 bridgehead atoms. The van der Waals surface area contributed by atoms with Crippen molar-refractivity contribution >= 4 is 12.0 Å². The van der Waals surface area contributed by atoms with Gasteiger partial charge in [-0.05, 0) is 23.8 Å². The summed E-state index contributed by atoms with van der Waals surface area (Å²) in [7, 11) is 0. The number of fused-ring (bicyclic) bond motifs is 3. The van der Waals surface area contributed by atoms with Crippen LogP contribution in [0.4, 0.5) is 0 Å². The molecule has 0 spiro atoms. The molecule has 0 unspecified atom stereocenters. The van der Waals surface area contributed by atoms with Gasteiger partial charge in [-0.15, -0.1) is 0 Å². The van der Waals surface area contributed by atoms with Crippen LogP contribution in [0.3, 0.4) is 0 Å². The second-order valence-corrected chi connectivity index (χ2v) is 4.50. The van der Waals surface area contributed by atoms with E-state index < -0.39 is 0 Å². The van der Waals surface area contributed by atoms with Crippen LogP contribution in [0.2, 0.25) is 0 Å². The fourth-order valence-corrected chi connectivity index (χ4v) is 2.14. The first-order valence-electron chi connectivity index (χ1n) is 6.23. The monoisotopic (exact) mass is 261 g/mol. The molecule has 19 heavy (non-hydrogen) atoms. The van der Waals surface area contributed by atoms with E-state index in [9.17, 15) is 4.79 Å². The summed E-state index contributed by atoms with van der Waals surface area (Å²) in [6.45, 7) is 3.57. The summed E-state index contributed by atoms with van der Waals surface area (Å²) >= 11 is 0. The van der Waals surface area contributed by atoms with Crippen molar-refractivity contribution in [1.29, 1.82) is 0 Å². The van der Waals surface area contributed by atoms with E-state index in [1.54, 1.807) is 0 Å². The van der Waals surface area contributed by atoms with E-state index in [1.165, 1.54) is 6.92 Å². The van der Waals surface area contributed by atoms with Crippen LogP contribution in [-0.2, 0) is 4.79 Å². The van der Waals surface area contributed by atoms with Crippen molar-refractivity contribution in [3.8, 4) is 17.2 Å². The van der Waals surface area contributed by atoms with Crippen LogP contribution >= 0.6 is 0 Å². The third-order valence-electron chi connectivity index (χ3n) is 3.03. The molecule has 0 fully saturated rings. The maximum Gasteiger partial charge on any atom is 0.217 e. The summed E-state index contributed by atoms with van der Waals surface area (Å²) in [5.41, 5.74) is 1.90. The number of ether oxygens (including phenoxy) is 3. The van der Waals surface area contributed by atoms with E-state index in [2.05, 4.69) is 5.32 Å². The molecule has 0 aromatic heterocycles. The zero-order valence-electron chi connectivity index (χ0n) is 10.7. The number of rotatable bonds is 2. The van der Waals surface area contributed by atoms with Crippen molar-refractivity contribution in [2.45, 2.75) is 6.92 Å². The van der Waals surface area contributed by atoms with Crippen LogP contribution in [0, 0.1) is 0 Å². The minimum absolute atomic E-state index is 0.0543. The molecule has 1 N–H and O–H groups in total. The normalized spacial score (nSPS) is 15.9. The molecular weight excluding hydrogens is 246 g/mol. The number of carbonyl (C=O) groups excluding carboxylic acids is 1. The summed E-state index contributed by atoms with van der Waals surface area (Å²) in [5, 5.41) is 2.77. The molecule has 3 rings (SSSR count). The van der Waals surface area contributed by atoms with Crippen molar-refractivity contribution in [1.82, 2.24) is 5.32 Å². The molecule has 0 radical (unpaired) electrons. The lowest BCUT2D eigenvalue weighted by atomic mass is 10.1. The molecule has 2 aliphatic rings. The summed E-state index contributed by atoms with van der Waals surface area (Å²) in [4.78, 5) is 10.9. The SMILES string of the molecule is CC(=O)NCC1=Cc2c(ccc3c2OCCO3)OC1. The van der Waals surface area contributed by atoms with Gasteiger partial charge in [-0.1, -0.05) is 0 Å². The van der Waals surface area contributed by atoms with Gasteiger partial charge in [0.05, 0.1) is 5.56 Å². The Hall–Kier alpha value is -2.17. The average Bonchev–Trinajstić information content (AvgIpc) is 2.44. The van der Waals surface area contributed by atoms with E-state index in [-0.39, 0.29) is 5.91 Å². The summed E-state index contributed by atoms with van der Waals surface area (Å²) in [5.74, 6) is 2.20. The quantitative estimate of drug-likeness (QED) is 0.873. The molecular formula is C14H15NO4. The fraction of sp³-hybridized carbons (Fsp3) is 0.357. The lowest BCUT2D eigenvalue weighted by Crippen LogP contribution is -2.26. The van der Waals surface area contributed by atoms with E-state index in [1.807, 2.05) is 18.2 Å². The maximum atomic E-state index is 10.9. The molecule has 1 aromatic rings. The molecule has 0 aliphatic carbocycles. The molecule has 0 saturated carbocycles. The van der Waals surface area contributed by atoms with Gasteiger partial charge in [0.2, 0.25) is 5.91 Å². The number of benzene rings is 1. The Balaban J connectivity index is 1.91. The molecule has 0 saturated heterocycles. The Bertz CT molecular complexity index is 551. The van der Waals surface area contributed by atoms with Crippen molar-refractivity contribution < 1.29 is 19.0 Å². The molecule has 5 nitrogen and oxygen atoms in total. The summed E-state index contributed by atoms with van der Waals surface area (Å²) in [6, 6.07) is 3.74. The summed E-state index contributed by atoms with van der Waals surface area (Å²) in [6.07, 6.45) is 2.00. The lowest BCUT2D eigenvalue weighted by molar-refractivity contribution is -0.118. The first-order valence-corrected chi connectivity index (χ1v) is 6.23. The predicted molar refractivity (Wildman–Crippen MR) is 69.6 cm³/mol. The molecule has 0 atom stereocenters. The number of hydrogen-bond donors (Lipinski definition) is 1. The van der Waals surface area contributed by atoms with Crippen LogP contribution in [0.1, 0.15) is 12.5 Å². The number of amides is 1. The molecule has 2 aliphatic heterocycles. The Morgan fingerprint density at radius 2 is 2.00 bits per heavy atom. The molecule has 1 aromatic carbocycles. The molecule has 2 heterocycles. The first-order chi connectivity index (χ1) is 9.24. The topological polar surface area (TPSA) is 56.8 Å². The number of nitrogens with one attached hydrogen (secondary N) is 1. The second-order valence-electron chi connectivity index (χ2n) is 4.50. The Morgan fingerprint density at radius 1 is 1.21 bits per heavy atom. The fourth-order valence-electron chi connectivity index (χ4n) is 2.14. The van der Waals surface area contributed by atoms with Crippen molar-refractivity contribution in [3.63, 3.8) is 0 Å². The van der Waals surface area contributed by atoms with E-state index in [0.717, 1.165) is 28.4 Å². The molecule has 5 heteroatoms. The Kier molecular flexibility index (Phi) is 3.03. The van der Waals surface area contributed by atoms with Crippen LogP contribution in [0.5, 0.6) is 17.2 Å². The van der Waals surface area contributed by atoms with Crippen molar-refractivity contribution in [2.75, 3.05) is 26.4 Å². The highest BCUT2D eigenvalue weighted by molar-refractivity contribution is 5.75. The number of carbonyl (C=O) groups is 1. The van der Waals surface area contributed by atoms with Gasteiger partial charge in [-0.2, -0.15) is 0 Å². The highest BCUT2D eigenvalue weighted by Crippen LogP contribution is 2.42.